The van der Waals surface area contributed by atoms with Gasteiger partial charge in [-0.2, -0.15) is 0 Å². The lowest BCUT2D eigenvalue weighted by atomic mass is 9.93. The van der Waals surface area contributed by atoms with Gasteiger partial charge in [0.15, 0.2) is 5.13 Å². The summed E-state index contributed by atoms with van der Waals surface area (Å²) in [5, 5.41) is 11.6. The van der Waals surface area contributed by atoms with Gasteiger partial charge >= 0.3 is 11.9 Å². The molecule has 38 heavy (non-hydrogen) atoms. The number of hydrogen-bond donors (Lipinski definition) is 1. The molecule has 1 unspecified atom stereocenters. The topological polar surface area (TPSA) is 100 Å². The Kier molecular flexibility index (Phi) is 7.50. The molecule has 3 aromatic rings. The third-order valence-corrected chi connectivity index (χ3v) is 7.46. The number of aliphatic hydroxyl groups is 1. The van der Waals surface area contributed by atoms with Crippen LogP contribution in [0.15, 0.2) is 60.7 Å². The van der Waals surface area contributed by atoms with E-state index in [-0.39, 0.29) is 27.9 Å². The second-order valence-corrected chi connectivity index (χ2v) is 10.2. The number of carbonyl (C=O) groups is 3. The minimum Gasteiger partial charge on any atom is -0.507 e. The fourth-order valence-corrected chi connectivity index (χ4v) is 5.30. The van der Waals surface area contributed by atoms with Crippen molar-refractivity contribution in [2.24, 2.45) is 0 Å². The molecule has 1 atom stereocenters. The number of benzene rings is 2. The van der Waals surface area contributed by atoms with E-state index in [0.29, 0.717) is 16.8 Å². The van der Waals surface area contributed by atoms with Crippen molar-refractivity contribution in [1.29, 1.82) is 0 Å². The number of thiazole rings is 1. The average Bonchev–Trinajstić information content (AvgIpc) is 3.40. The second-order valence-electron chi connectivity index (χ2n) is 9.27. The van der Waals surface area contributed by atoms with Gasteiger partial charge in [0.25, 0.3) is 5.78 Å². The molecule has 1 N–H and O–H groups in total. The molecule has 0 saturated carbocycles. The van der Waals surface area contributed by atoms with Gasteiger partial charge in [-0.25, -0.2) is 9.78 Å². The molecule has 1 aliphatic heterocycles. The summed E-state index contributed by atoms with van der Waals surface area (Å²) in [6.07, 6.45) is 1.46. The van der Waals surface area contributed by atoms with E-state index in [1.165, 1.54) is 11.0 Å². The number of ether oxygens (including phenoxy) is 1. The van der Waals surface area contributed by atoms with E-state index >= 15 is 0 Å². The summed E-state index contributed by atoms with van der Waals surface area (Å²) in [5.41, 5.74) is 4.02. The predicted octanol–water partition coefficient (Wildman–Crippen LogP) is 5.10. The van der Waals surface area contributed by atoms with E-state index in [0.717, 1.165) is 28.2 Å². The third kappa shape index (κ3) is 4.84. The van der Waals surface area contributed by atoms with Crippen LogP contribution in [-0.4, -0.2) is 48.5 Å². The number of Topliss-reactive ketones (excluding diaryl/α,β-unsaturated/α-hetero) is 1. The highest BCUT2D eigenvalue weighted by atomic mass is 32.1. The zero-order chi connectivity index (χ0) is 27.7. The van der Waals surface area contributed by atoms with E-state index < -0.39 is 23.7 Å². The van der Waals surface area contributed by atoms with Crippen LogP contribution in [0.2, 0.25) is 0 Å². The molecule has 1 aliphatic rings. The van der Waals surface area contributed by atoms with Crippen LogP contribution in [0.25, 0.3) is 5.76 Å². The van der Waals surface area contributed by atoms with Crippen molar-refractivity contribution in [2.45, 2.75) is 26.8 Å². The van der Waals surface area contributed by atoms with Crippen molar-refractivity contribution < 1.29 is 24.2 Å². The van der Waals surface area contributed by atoms with Crippen LogP contribution in [0.5, 0.6) is 0 Å². The zero-order valence-corrected chi connectivity index (χ0v) is 22.8. The monoisotopic (exact) mass is 531 g/mol. The molecule has 196 valence electrons. The number of aromatic nitrogens is 1. The van der Waals surface area contributed by atoms with Gasteiger partial charge in [0.05, 0.1) is 17.3 Å². The van der Waals surface area contributed by atoms with Gasteiger partial charge in [0, 0.05) is 25.3 Å². The average molecular weight is 532 g/mol. The molecule has 1 amide bonds. The summed E-state index contributed by atoms with van der Waals surface area (Å²) < 4.78 is 5.16. The van der Waals surface area contributed by atoms with Gasteiger partial charge in [-0.05, 0) is 50.1 Å². The van der Waals surface area contributed by atoms with Crippen molar-refractivity contribution in [2.75, 3.05) is 30.5 Å². The van der Waals surface area contributed by atoms with Crippen molar-refractivity contribution in [3.8, 4) is 0 Å². The Hall–Kier alpha value is -4.24. The predicted molar refractivity (Wildman–Crippen MR) is 149 cm³/mol. The molecule has 0 aliphatic carbocycles. The SMILES string of the molecule is C=CCOC(=O)c1sc(N2C(=O)C(=O)C(=C(O)c3cc(C)ccc3C)C2c2ccc(N(C)C)cc2)nc1C. The first-order valence-corrected chi connectivity index (χ1v) is 12.8. The van der Waals surface area contributed by atoms with E-state index in [2.05, 4.69) is 11.6 Å². The highest BCUT2D eigenvalue weighted by molar-refractivity contribution is 7.17. The van der Waals surface area contributed by atoms with E-state index in [1.807, 2.05) is 69.2 Å². The zero-order valence-electron chi connectivity index (χ0n) is 21.9. The standard InChI is InChI=1S/C29H29N3O5S/c1-7-14-37-28(36)26-18(4)30-29(38-26)32-23(19-10-12-20(13-11-19)31(5)6)22(25(34)27(32)35)24(33)21-15-16(2)8-9-17(21)3/h7-13,15,23,33H,1,14H2,2-6H3. The summed E-state index contributed by atoms with van der Waals surface area (Å²) in [6, 6.07) is 12.0. The lowest BCUT2D eigenvalue weighted by molar-refractivity contribution is -0.132. The first-order valence-electron chi connectivity index (χ1n) is 12.0. The number of hydrogen-bond acceptors (Lipinski definition) is 8. The Morgan fingerprint density at radius 2 is 1.84 bits per heavy atom. The fraction of sp³-hybridized carbons (Fsp3) is 0.241. The summed E-state index contributed by atoms with van der Waals surface area (Å²) in [6.45, 7) is 8.93. The Morgan fingerprint density at radius 1 is 1.16 bits per heavy atom. The molecule has 0 radical (unpaired) electrons. The van der Waals surface area contributed by atoms with Gasteiger partial charge in [-0.15, -0.1) is 0 Å². The van der Waals surface area contributed by atoms with E-state index in [9.17, 15) is 19.5 Å². The van der Waals surface area contributed by atoms with Gasteiger partial charge in [-0.1, -0.05) is 53.8 Å². The maximum Gasteiger partial charge on any atom is 0.350 e. The summed E-state index contributed by atoms with van der Waals surface area (Å²) in [4.78, 5) is 47.4. The molecule has 8 nitrogen and oxygen atoms in total. The fourth-order valence-electron chi connectivity index (χ4n) is 4.31. The minimum atomic E-state index is -0.950. The van der Waals surface area contributed by atoms with Crippen LogP contribution in [-0.2, 0) is 14.3 Å². The van der Waals surface area contributed by atoms with Crippen molar-refractivity contribution >= 4 is 45.6 Å². The number of carbonyl (C=O) groups excluding carboxylic acids is 3. The van der Waals surface area contributed by atoms with Gasteiger partial charge < -0.3 is 14.7 Å². The Morgan fingerprint density at radius 3 is 2.47 bits per heavy atom. The summed E-state index contributed by atoms with van der Waals surface area (Å²) in [7, 11) is 3.82. The van der Waals surface area contributed by atoms with Crippen LogP contribution >= 0.6 is 11.3 Å². The lowest BCUT2D eigenvalue weighted by Gasteiger charge is -2.24. The molecule has 9 heteroatoms. The highest BCUT2D eigenvalue weighted by Gasteiger charge is 2.48. The number of nitrogens with zero attached hydrogens (tertiary/aromatic N) is 3. The number of esters is 1. The molecule has 1 aromatic heterocycles. The van der Waals surface area contributed by atoms with Crippen LogP contribution in [0.3, 0.4) is 0 Å². The third-order valence-electron chi connectivity index (χ3n) is 6.33. The molecule has 1 fully saturated rings. The first kappa shape index (κ1) is 26.8. The number of aliphatic hydroxyl groups excluding tert-OH is 1. The van der Waals surface area contributed by atoms with Crippen LogP contribution in [0, 0.1) is 20.8 Å². The van der Waals surface area contributed by atoms with Crippen LogP contribution in [0.4, 0.5) is 10.8 Å². The minimum absolute atomic E-state index is 0.0318. The summed E-state index contributed by atoms with van der Waals surface area (Å²) >= 11 is 0.963. The number of rotatable bonds is 7. The number of ketones is 1. The molecular weight excluding hydrogens is 502 g/mol. The number of amides is 1. The number of aryl methyl sites for hydroxylation is 3. The highest BCUT2D eigenvalue weighted by Crippen LogP contribution is 2.44. The van der Waals surface area contributed by atoms with E-state index in [1.54, 1.807) is 13.0 Å². The van der Waals surface area contributed by atoms with Crippen LogP contribution < -0.4 is 9.80 Å². The molecular formula is C29H29N3O5S. The quantitative estimate of drug-likeness (QED) is 0.149. The summed E-state index contributed by atoms with van der Waals surface area (Å²) in [5.74, 6) is -2.51. The maximum atomic E-state index is 13.5. The normalized spacial score (nSPS) is 16.6. The van der Waals surface area contributed by atoms with Gasteiger partial charge in [0.2, 0.25) is 0 Å². The van der Waals surface area contributed by atoms with Crippen LogP contribution in [0.1, 0.15) is 43.7 Å². The smallest absolute Gasteiger partial charge is 0.350 e. The second kappa shape index (κ2) is 10.6. The molecule has 1 saturated heterocycles. The van der Waals surface area contributed by atoms with Crippen molar-refractivity contribution in [1.82, 2.24) is 4.98 Å². The van der Waals surface area contributed by atoms with E-state index in [4.69, 9.17) is 4.74 Å². The van der Waals surface area contributed by atoms with Crippen molar-refractivity contribution in [3.05, 3.63) is 93.5 Å². The largest absolute Gasteiger partial charge is 0.507 e. The first-order chi connectivity index (χ1) is 18.0. The van der Waals surface area contributed by atoms with Gasteiger partial charge in [-0.3, -0.25) is 14.5 Å². The molecule has 2 heterocycles. The molecule has 0 spiro atoms. The Labute approximate surface area is 225 Å². The lowest BCUT2D eigenvalue weighted by Crippen LogP contribution is -2.29. The molecule has 4 rings (SSSR count). The maximum absolute atomic E-state index is 13.5. The molecule has 0 bridgehead atoms. The van der Waals surface area contributed by atoms with Crippen molar-refractivity contribution in [3.63, 3.8) is 0 Å². The number of anilines is 2. The Balaban J connectivity index is 1.92. The van der Waals surface area contributed by atoms with Gasteiger partial charge in [0.1, 0.15) is 17.2 Å². The molecule has 2 aromatic carbocycles. The Bertz CT molecular complexity index is 1470.